The molecule has 2 fully saturated rings. The molecule has 144 valence electrons. The predicted octanol–water partition coefficient (Wildman–Crippen LogP) is 5.83. The van der Waals surface area contributed by atoms with Gasteiger partial charge in [-0.3, -0.25) is 4.79 Å². The maximum atomic E-state index is 12.9. The Morgan fingerprint density at radius 2 is 1.92 bits per heavy atom. The number of halogens is 4. The second-order valence-electron chi connectivity index (χ2n) is 7.70. The van der Waals surface area contributed by atoms with Gasteiger partial charge in [-0.1, -0.05) is 11.6 Å². The van der Waals surface area contributed by atoms with Gasteiger partial charge in [0.15, 0.2) is 0 Å². The van der Waals surface area contributed by atoms with Crippen LogP contribution in [0.25, 0.3) is 0 Å². The van der Waals surface area contributed by atoms with Crippen molar-refractivity contribution in [3.05, 3.63) is 34.3 Å². The highest BCUT2D eigenvalue weighted by Gasteiger charge is 2.54. The summed E-state index contributed by atoms with van der Waals surface area (Å²) in [5.74, 6) is -0.779. The number of carboxylic acid groups (broad SMARTS) is 1. The van der Waals surface area contributed by atoms with E-state index in [4.69, 9.17) is 21.4 Å². The quantitative estimate of drug-likeness (QED) is 0.636. The van der Waals surface area contributed by atoms with E-state index >= 15 is 0 Å². The van der Waals surface area contributed by atoms with E-state index in [1.54, 1.807) is 0 Å². The molecule has 0 amide bonds. The van der Waals surface area contributed by atoms with Crippen molar-refractivity contribution in [3.8, 4) is 0 Å². The highest BCUT2D eigenvalue weighted by molar-refractivity contribution is 6.31. The molecule has 7 heteroatoms. The maximum absolute atomic E-state index is 12.9. The largest absolute Gasteiger partial charge is 0.481 e. The Kier molecular flexibility index (Phi) is 5.28. The third kappa shape index (κ3) is 4.17. The molecule has 0 aliphatic heterocycles. The second-order valence-corrected chi connectivity index (χ2v) is 8.11. The number of carboxylic acids is 1. The Balaban J connectivity index is 1.62. The maximum Gasteiger partial charge on any atom is 0.416 e. The summed E-state index contributed by atoms with van der Waals surface area (Å²) in [6, 6.07) is 3.30. The van der Waals surface area contributed by atoms with Crippen LogP contribution in [-0.2, 0) is 22.3 Å². The first-order valence-corrected chi connectivity index (χ1v) is 9.22. The van der Waals surface area contributed by atoms with E-state index in [0.29, 0.717) is 12.0 Å². The standard InChI is InChI=1S/C19H22ClF3O3/c20-15-4-3-14(19(21,22)23)10-13(15)11-26-18-8-6-17(12-18,7-9-18)5-1-2-16(24)25/h3-4,10H,1-2,5-9,11-12H2,(H,24,25). The van der Waals surface area contributed by atoms with Gasteiger partial charge >= 0.3 is 12.1 Å². The van der Waals surface area contributed by atoms with Gasteiger partial charge in [0.25, 0.3) is 0 Å². The van der Waals surface area contributed by atoms with Gasteiger partial charge in [-0.2, -0.15) is 13.2 Å². The SMILES string of the molecule is O=C(O)CCCC12CCC(OCc3cc(C(F)(F)F)ccc3Cl)(CC1)C2. The van der Waals surface area contributed by atoms with E-state index in [9.17, 15) is 18.0 Å². The van der Waals surface area contributed by atoms with E-state index in [1.807, 2.05) is 0 Å². The summed E-state index contributed by atoms with van der Waals surface area (Å²) in [5.41, 5.74) is -0.543. The van der Waals surface area contributed by atoms with Gasteiger partial charge in [0.2, 0.25) is 0 Å². The first-order chi connectivity index (χ1) is 12.1. The molecule has 0 unspecified atom stereocenters. The van der Waals surface area contributed by atoms with Gasteiger partial charge in [0, 0.05) is 11.4 Å². The third-order valence-electron chi connectivity index (χ3n) is 5.92. The Hall–Kier alpha value is -1.27. The number of aliphatic carboxylic acids is 1. The van der Waals surface area contributed by atoms with E-state index < -0.39 is 17.7 Å². The molecule has 0 radical (unpaired) electrons. The number of carbonyl (C=O) groups is 1. The normalized spacial score (nSPS) is 27.8. The molecule has 2 aliphatic rings. The number of alkyl halides is 3. The monoisotopic (exact) mass is 390 g/mol. The Labute approximate surface area is 155 Å². The molecule has 1 aromatic rings. The predicted molar refractivity (Wildman–Crippen MR) is 91.0 cm³/mol. The Morgan fingerprint density at radius 1 is 1.23 bits per heavy atom. The minimum Gasteiger partial charge on any atom is -0.481 e. The van der Waals surface area contributed by atoms with Crippen molar-refractivity contribution < 1.29 is 27.8 Å². The van der Waals surface area contributed by atoms with Crippen LogP contribution in [0, 0.1) is 5.41 Å². The number of benzene rings is 1. The van der Waals surface area contributed by atoms with E-state index in [-0.39, 0.29) is 29.1 Å². The summed E-state index contributed by atoms with van der Waals surface area (Å²) in [6.07, 6.45) is 1.88. The van der Waals surface area contributed by atoms with Gasteiger partial charge in [-0.15, -0.1) is 0 Å². The lowest BCUT2D eigenvalue weighted by Gasteiger charge is -2.28. The topological polar surface area (TPSA) is 46.5 Å². The van der Waals surface area contributed by atoms with Gasteiger partial charge in [-0.05, 0) is 74.1 Å². The third-order valence-corrected chi connectivity index (χ3v) is 6.29. The van der Waals surface area contributed by atoms with Gasteiger partial charge in [0.1, 0.15) is 0 Å². The van der Waals surface area contributed by atoms with Crippen LogP contribution in [-0.4, -0.2) is 16.7 Å². The average Bonchev–Trinajstić information content (AvgIpc) is 3.09. The van der Waals surface area contributed by atoms with E-state index in [2.05, 4.69) is 0 Å². The number of fused-ring (bicyclic) bond motifs is 2. The molecule has 0 heterocycles. The zero-order valence-electron chi connectivity index (χ0n) is 14.4. The Bertz CT molecular complexity index is 679. The zero-order chi connectivity index (χ0) is 19.0. The van der Waals surface area contributed by atoms with Crippen LogP contribution >= 0.6 is 11.6 Å². The molecule has 1 N–H and O–H groups in total. The molecular formula is C19H22ClF3O3. The summed E-state index contributed by atoms with van der Waals surface area (Å²) in [6.45, 7) is 0.0635. The molecular weight excluding hydrogens is 369 g/mol. The van der Waals surface area contributed by atoms with Crippen molar-refractivity contribution in [2.24, 2.45) is 5.41 Å². The number of rotatable bonds is 7. The first kappa shape index (κ1) is 19.5. The van der Waals surface area contributed by atoms with Crippen molar-refractivity contribution in [1.29, 1.82) is 0 Å². The van der Waals surface area contributed by atoms with Crippen LogP contribution in [0.1, 0.15) is 62.5 Å². The molecule has 1 aromatic carbocycles. The molecule has 0 saturated heterocycles. The molecule has 0 spiro atoms. The molecule has 2 saturated carbocycles. The molecule has 2 aliphatic carbocycles. The van der Waals surface area contributed by atoms with Gasteiger partial charge in [0.05, 0.1) is 17.8 Å². The highest BCUT2D eigenvalue weighted by Crippen LogP contribution is 2.60. The molecule has 0 atom stereocenters. The number of hydrogen-bond acceptors (Lipinski definition) is 2. The van der Waals surface area contributed by atoms with Crippen LogP contribution in [0.3, 0.4) is 0 Å². The lowest BCUT2D eigenvalue weighted by atomic mass is 9.80. The van der Waals surface area contributed by atoms with Crippen LogP contribution in [0.2, 0.25) is 5.02 Å². The Morgan fingerprint density at radius 3 is 2.54 bits per heavy atom. The van der Waals surface area contributed by atoms with Crippen molar-refractivity contribution in [2.45, 2.75) is 69.8 Å². The molecule has 3 rings (SSSR count). The zero-order valence-corrected chi connectivity index (χ0v) is 15.1. The van der Waals surface area contributed by atoms with Crippen molar-refractivity contribution in [2.75, 3.05) is 0 Å². The van der Waals surface area contributed by atoms with Gasteiger partial charge < -0.3 is 9.84 Å². The second kappa shape index (κ2) is 7.04. The number of ether oxygens (including phenoxy) is 1. The van der Waals surface area contributed by atoms with E-state index in [0.717, 1.165) is 50.7 Å². The summed E-state index contributed by atoms with van der Waals surface area (Å²) in [7, 11) is 0. The van der Waals surface area contributed by atoms with Crippen LogP contribution in [0.4, 0.5) is 13.2 Å². The highest BCUT2D eigenvalue weighted by atomic mass is 35.5. The molecule has 2 bridgehead atoms. The summed E-state index contributed by atoms with van der Waals surface area (Å²) in [5, 5.41) is 9.08. The van der Waals surface area contributed by atoms with Crippen LogP contribution in [0.5, 0.6) is 0 Å². The van der Waals surface area contributed by atoms with Crippen molar-refractivity contribution in [1.82, 2.24) is 0 Å². The van der Waals surface area contributed by atoms with Crippen LogP contribution < -0.4 is 0 Å². The fourth-order valence-corrected chi connectivity index (χ4v) is 4.69. The minimum absolute atomic E-state index is 0.0635. The summed E-state index contributed by atoms with van der Waals surface area (Å²) in [4.78, 5) is 10.7. The lowest BCUT2D eigenvalue weighted by molar-refractivity contribution is -0.138. The molecule has 26 heavy (non-hydrogen) atoms. The van der Waals surface area contributed by atoms with Crippen LogP contribution in [0.15, 0.2) is 18.2 Å². The van der Waals surface area contributed by atoms with E-state index in [1.165, 1.54) is 6.07 Å². The minimum atomic E-state index is -4.41. The van der Waals surface area contributed by atoms with Crippen molar-refractivity contribution >= 4 is 17.6 Å². The fourth-order valence-electron chi connectivity index (χ4n) is 4.51. The van der Waals surface area contributed by atoms with Gasteiger partial charge in [-0.25, -0.2) is 0 Å². The first-order valence-electron chi connectivity index (χ1n) is 8.85. The summed E-state index contributed by atoms with van der Waals surface area (Å²) < 4.78 is 44.8. The molecule has 0 aromatic heterocycles. The summed E-state index contributed by atoms with van der Waals surface area (Å²) >= 11 is 6.05. The van der Waals surface area contributed by atoms with Crippen molar-refractivity contribution in [3.63, 3.8) is 0 Å². The number of hydrogen-bond donors (Lipinski definition) is 1. The molecule has 3 nitrogen and oxygen atoms in total. The fraction of sp³-hybridized carbons (Fsp3) is 0.632. The average molecular weight is 391 g/mol. The smallest absolute Gasteiger partial charge is 0.416 e. The lowest BCUT2D eigenvalue weighted by Crippen LogP contribution is -2.26.